The van der Waals surface area contributed by atoms with E-state index in [1.807, 2.05) is 38.1 Å². The highest BCUT2D eigenvalue weighted by Gasteiger charge is 2.24. The lowest BCUT2D eigenvalue weighted by atomic mass is 9.96. The van der Waals surface area contributed by atoms with Gasteiger partial charge in [0.15, 0.2) is 0 Å². The van der Waals surface area contributed by atoms with Crippen LogP contribution in [0.4, 0.5) is 0 Å². The van der Waals surface area contributed by atoms with Gasteiger partial charge in [-0.05, 0) is 43.5 Å². The normalized spacial score (nSPS) is 15.7. The summed E-state index contributed by atoms with van der Waals surface area (Å²) in [5.41, 5.74) is 5.47. The molecule has 2 atom stereocenters. The summed E-state index contributed by atoms with van der Waals surface area (Å²) in [7, 11) is 0. The fourth-order valence-electron chi connectivity index (χ4n) is 2.17. The van der Waals surface area contributed by atoms with E-state index in [0.29, 0.717) is 25.1 Å². The average molecular weight is 281 g/mol. The van der Waals surface area contributed by atoms with Gasteiger partial charge in [-0.3, -0.25) is 0 Å². The lowest BCUT2D eigenvalue weighted by molar-refractivity contribution is -0.0158. The van der Waals surface area contributed by atoms with Gasteiger partial charge in [0.05, 0.1) is 11.7 Å². The van der Waals surface area contributed by atoms with Gasteiger partial charge in [0.25, 0.3) is 0 Å². The number of aliphatic hydroxyl groups excluding tert-OH is 1. The number of hydrogen-bond acceptors (Lipinski definition) is 4. The van der Waals surface area contributed by atoms with Gasteiger partial charge in [-0.25, -0.2) is 0 Å². The molecule has 0 amide bonds. The minimum absolute atomic E-state index is 0.272. The largest absolute Gasteiger partial charge is 0.491 e. The maximum Gasteiger partial charge on any atom is 0.119 e. The molecule has 1 aromatic rings. The molecule has 20 heavy (non-hydrogen) atoms. The summed E-state index contributed by atoms with van der Waals surface area (Å²) < 4.78 is 5.69. The van der Waals surface area contributed by atoms with Crippen molar-refractivity contribution in [2.24, 2.45) is 5.73 Å². The summed E-state index contributed by atoms with van der Waals surface area (Å²) in [5.74, 6) is 0.668. The summed E-state index contributed by atoms with van der Waals surface area (Å²) in [6.07, 6.45) is 2.26. The Hall–Kier alpha value is -1.10. The fraction of sp³-hybridized carbons (Fsp3) is 0.625. The minimum Gasteiger partial charge on any atom is -0.491 e. The smallest absolute Gasteiger partial charge is 0.119 e. The van der Waals surface area contributed by atoms with Crippen molar-refractivity contribution in [3.63, 3.8) is 0 Å². The molecule has 0 radical (unpaired) electrons. The summed E-state index contributed by atoms with van der Waals surface area (Å²) in [4.78, 5) is 0. The van der Waals surface area contributed by atoms with E-state index in [2.05, 4.69) is 0 Å². The molecule has 0 aromatic heterocycles. The van der Waals surface area contributed by atoms with E-state index in [0.717, 1.165) is 18.4 Å². The summed E-state index contributed by atoms with van der Waals surface area (Å²) in [5, 5.41) is 20.3. The second kappa shape index (κ2) is 8.25. The zero-order valence-electron chi connectivity index (χ0n) is 12.5. The molecule has 0 saturated heterocycles. The molecule has 0 aliphatic carbocycles. The van der Waals surface area contributed by atoms with Gasteiger partial charge in [0, 0.05) is 0 Å². The van der Waals surface area contributed by atoms with Gasteiger partial charge in [-0.1, -0.05) is 32.4 Å². The van der Waals surface area contributed by atoms with Gasteiger partial charge in [0.2, 0.25) is 0 Å². The van der Waals surface area contributed by atoms with Gasteiger partial charge in [-0.2, -0.15) is 0 Å². The van der Waals surface area contributed by atoms with Crippen molar-refractivity contribution in [1.82, 2.24) is 0 Å². The highest BCUT2D eigenvalue weighted by Crippen LogP contribution is 2.23. The van der Waals surface area contributed by atoms with Crippen LogP contribution in [-0.2, 0) is 0 Å². The Morgan fingerprint density at radius 3 is 2.70 bits per heavy atom. The molecule has 1 rings (SSSR count). The summed E-state index contributed by atoms with van der Waals surface area (Å²) >= 11 is 0. The second-order valence-electron chi connectivity index (χ2n) is 5.28. The van der Waals surface area contributed by atoms with Gasteiger partial charge < -0.3 is 20.7 Å². The monoisotopic (exact) mass is 281 g/mol. The van der Waals surface area contributed by atoms with E-state index in [4.69, 9.17) is 10.5 Å². The van der Waals surface area contributed by atoms with Crippen molar-refractivity contribution in [2.75, 3.05) is 13.2 Å². The van der Waals surface area contributed by atoms with Crippen LogP contribution >= 0.6 is 0 Å². The van der Waals surface area contributed by atoms with Crippen LogP contribution in [0.3, 0.4) is 0 Å². The van der Waals surface area contributed by atoms with E-state index in [1.54, 1.807) is 0 Å². The van der Waals surface area contributed by atoms with Crippen molar-refractivity contribution in [1.29, 1.82) is 0 Å². The van der Waals surface area contributed by atoms with E-state index < -0.39 is 11.7 Å². The molecule has 0 spiro atoms. The van der Waals surface area contributed by atoms with Crippen LogP contribution < -0.4 is 10.5 Å². The van der Waals surface area contributed by atoms with Crippen LogP contribution in [-0.4, -0.2) is 29.0 Å². The minimum atomic E-state index is -0.777. The SMILES string of the molecule is CCCC(O)(CC)COc1cccc(C(O)CCN)c1. The van der Waals surface area contributed by atoms with Crippen molar-refractivity contribution in [2.45, 2.75) is 51.2 Å². The Kier molecular flexibility index (Phi) is 6.99. The van der Waals surface area contributed by atoms with Crippen LogP contribution in [0.25, 0.3) is 0 Å². The van der Waals surface area contributed by atoms with Gasteiger partial charge in [-0.15, -0.1) is 0 Å². The van der Waals surface area contributed by atoms with Crippen molar-refractivity contribution < 1.29 is 14.9 Å². The molecule has 0 aliphatic rings. The first-order valence-corrected chi connectivity index (χ1v) is 7.38. The van der Waals surface area contributed by atoms with Crippen molar-refractivity contribution in [3.8, 4) is 5.75 Å². The second-order valence-corrected chi connectivity index (χ2v) is 5.28. The predicted molar refractivity (Wildman–Crippen MR) is 80.7 cm³/mol. The van der Waals surface area contributed by atoms with E-state index in [-0.39, 0.29) is 6.61 Å². The third-order valence-electron chi connectivity index (χ3n) is 3.56. The molecule has 0 saturated carbocycles. The van der Waals surface area contributed by atoms with Gasteiger partial charge >= 0.3 is 0 Å². The summed E-state index contributed by atoms with van der Waals surface area (Å²) in [6, 6.07) is 7.34. The molecule has 0 bridgehead atoms. The van der Waals surface area contributed by atoms with Crippen LogP contribution in [0, 0.1) is 0 Å². The Morgan fingerprint density at radius 2 is 2.10 bits per heavy atom. The number of aliphatic hydroxyl groups is 2. The first-order chi connectivity index (χ1) is 9.54. The number of benzene rings is 1. The fourth-order valence-corrected chi connectivity index (χ4v) is 2.17. The quantitative estimate of drug-likeness (QED) is 0.649. The maximum atomic E-state index is 10.4. The molecule has 0 heterocycles. The molecule has 0 fully saturated rings. The predicted octanol–water partition coefficient (Wildman–Crippen LogP) is 2.39. The molecule has 4 N–H and O–H groups in total. The third kappa shape index (κ3) is 5.12. The molecule has 4 heteroatoms. The first-order valence-electron chi connectivity index (χ1n) is 7.38. The lowest BCUT2D eigenvalue weighted by Crippen LogP contribution is -2.35. The Morgan fingerprint density at radius 1 is 1.35 bits per heavy atom. The Balaban J connectivity index is 2.66. The number of hydrogen-bond donors (Lipinski definition) is 3. The van der Waals surface area contributed by atoms with E-state index in [9.17, 15) is 10.2 Å². The average Bonchev–Trinajstić information content (AvgIpc) is 2.46. The maximum absolute atomic E-state index is 10.4. The van der Waals surface area contributed by atoms with Crippen LogP contribution in [0.2, 0.25) is 0 Å². The van der Waals surface area contributed by atoms with Crippen LogP contribution in [0.5, 0.6) is 5.75 Å². The highest BCUT2D eigenvalue weighted by atomic mass is 16.5. The van der Waals surface area contributed by atoms with Crippen LogP contribution in [0.1, 0.15) is 51.2 Å². The van der Waals surface area contributed by atoms with Gasteiger partial charge in [0.1, 0.15) is 12.4 Å². The van der Waals surface area contributed by atoms with E-state index >= 15 is 0 Å². The molecule has 1 aromatic carbocycles. The number of nitrogens with two attached hydrogens (primary N) is 1. The molecular formula is C16H27NO3. The number of rotatable bonds is 9. The Labute approximate surface area is 121 Å². The Bertz CT molecular complexity index is 397. The lowest BCUT2D eigenvalue weighted by Gasteiger charge is -2.26. The zero-order chi connectivity index (χ0) is 15.0. The topological polar surface area (TPSA) is 75.7 Å². The molecule has 2 unspecified atom stereocenters. The van der Waals surface area contributed by atoms with E-state index in [1.165, 1.54) is 0 Å². The molecule has 4 nitrogen and oxygen atoms in total. The zero-order valence-corrected chi connectivity index (χ0v) is 12.5. The van der Waals surface area contributed by atoms with Crippen molar-refractivity contribution >= 4 is 0 Å². The molecule has 0 aliphatic heterocycles. The first kappa shape index (κ1) is 17.0. The van der Waals surface area contributed by atoms with Crippen LogP contribution in [0.15, 0.2) is 24.3 Å². The number of ether oxygens (including phenoxy) is 1. The summed E-state index contributed by atoms with van der Waals surface area (Å²) in [6.45, 7) is 4.72. The third-order valence-corrected chi connectivity index (χ3v) is 3.56. The van der Waals surface area contributed by atoms with Crippen molar-refractivity contribution in [3.05, 3.63) is 29.8 Å². The molecule has 114 valence electrons. The standard InChI is InChI=1S/C16H27NO3/c1-3-9-16(19,4-2)12-20-14-7-5-6-13(11-14)15(18)8-10-17/h5-7,11,15,18-19H,3-4,8-10,12,17H2,1-2H3. The highest BCUT2D eigenvalue weighted by molar-refractivity contribution is 5.30. The molecular weight excluding hydrogens is 254 g/mol.